The second-order valence-corrected chi connectivity index (χ2v) is 6.55. The first-order valence-electron chi connectivity index (χ1n) is 8.34. The number of carbonyl (C=O) groups is 1. The Labute approximate surface area is 128 Å². The van der Waals surface area contributed by atoms with E-state index in [4.69, 9.17) is 9.47 Å². The van der Waals surface area contributed by atoms with Crippen LogP contribution >= 0.6 is 0 Å². The summed E-state index contributed by atoms with van der Waals surface area (Å²) in [5, 5.41) is 0. The van der Waals surface area contributed by atoms with Crippen molar-refractivity contribution in [3.8, 4) is 0 Å². The number of carbonyl (C=O) groups excluding carboxylic acids is 1. The smallest absolute Gasteiger partial charge is 0.323 e. The van der Waals surface area contributed by atoms with E-state index < -0.39 is 0 Å². The van der Waals surface area contributed by atoms with Gasteiger partial charge in [-0.2, -0.15) is 0 Å². The third kappa shape index (κ3) is 4.94. The highest BCUT2D eigenvalue weighted by Crippen LogP contribution is 2.20. The summed E-state index contributed by atoms with van der Waals surface area (Å²) >= 11 is 0. The summed E-state index contributed by atoms with van der Waals surface area (Å²) in [4.78, 5) is 16.7. The summed E-state index contributed by atoms with van der Waals surface area (Å²) in [5.41, 5.74) is 0. The maximum Gasteiger partial charge on any atom is 0.323 e. The first kappa shape index (κ1) is 16.7. The zero-order chi connectivity index (χ0) is 15.2. The van der Waals surface area contributed by atoms with E-state index in [1.807, 2.05) is 6.92 Å². The van der Waals surface area contributed by atoms with Crippen molar-refractivity contribution in [3.63, 3.8) is 0 Å². The van der Waals surface area contributed by atoms with Gasteiger partial charge >= 0.3 is 5.97 Å². The number of likely N-dealkylation sites (tertiary alicyclic amines) is 1. The zero-order valence-corrected chi connectivity index (χ0v) is 13.7. The topological polar surface area (TPSA) is 42.0 Å². The van der Waals surface area contributed by atoms with Crippen LogP contribution in [0.15, 0.2) is 0 Å². The Kier molecular flexibility index (Phi) is 6.45. The molecule has 2 atom stereocenters. The van der Waals surface area contributed by atoms with Gasteiger partial charge in [-0.25, -0.2) is 0 Å². The lowest BCUT2D eigenvalue weighted by Gasteiger charge is -2.36. The molecule has 0 saturated carbocycles. The molecule has 2 fully saturated rings. The van der Waals surface area contributed by atoms with Crippen LogP contribution in [0.5, 0.6) is 0 Å². The first-order chi connectivity index (χ1) is 10.1. The van der Waals surface area contributed by atoms with Gasteiger partial charge in [-0.3, -0.25) is 14.6 Å². The summed E-state index contributed by atoms with van der Waals surface area (Å²) in [6, 6.07) is -0.0611. The maximum atomic E-state index is 12.0. The molecule has 5 nitrogen and oxygen atoms in total. The van der Waals surface area contributed by atoms with Crippen LogP contribution in [0.1, 0.15) is 33.6 Å². The van der Waals surface area contributed by atoms with Crippen molar-refractivity contribution < 1.29 is 14.3 Å². The minimum absolute atomic E-state index is 0.0611. The molecule has 0 N–H and O–H groups in total. The van der Waals surface area contributed by atoms with Crippen LogP contribution in [-0.4, -0.2) is 73.9 Å². The van der Waals surface area contributed by atoms with Gasteiger partial charge in [0.2, 0.25) is 0 Å². The van der Waals surface area contributed by atoms with E-state index in [0.717, 1.165) is 52.2 Å². The second-order valence-electron chi connectivity index (χ2n) is 6.55. The number of hydrogen-bond donors (Lipinski definition) is 0. The van der Waals surface area contributed by atoms with Gasteiger partial charge in [-0.15, -0.1) is 0 Å². The van der Waals surface area contributed by atoms with Crippen LogP contribution in [0, 0.1) is 5.92 Å². The molecular formula is C16H30N2O3. The molecule has 0 amide bonds. The normalized spacial score (nSPS) is 28.2. The molecule has 0 aromatic heterocycles. The fraction of sp³-hybridized carbons (Fsp3) is 0.938. The first-order valence-corrected chi connectivity index (χ1v) is 8.34. The van der Waals surface area contributed by atoms with Crippen molar-refractivity contribution >= 4 is 5.97 Å². The van der Waals surface area contributed by atoms with Crippen LogP contribution in [0.25, 0.3) is 0 Å². The highest BCUT2D eigenvalue weighted by Gasteiger charge is 2.34. The molecule has 2 rings (SSSR count). The van der Waals surface area contributed by atoms with Gasteiger partial charge in [0.1, 0.15) is 6.04 Å². The monoisotopic (exact) mass is 298 g/mol. The Bertz CT molecular complexity index is 335. The van der Waals surface area contributed by atoms with Crippen LogP contribution in [0.2, 0.25) is 0 Å². The van der Waals surface area contributed by atoms with E-state index in [1.54, 1.807) is 0 Å². The molecule has 5 heteroatoms. The number of nitrogens with zero attached hydrogens (tertiary/aromatic N) is 2. The molecule has 2 aliphatic heterocycles. The third-order valence-electron chi connectivity index (χ3n) is 4.21. The summed E-state index contributed by atoms with van der Waals surface area (Å²) in [5.74, 6) is 0.618. The van der Waals surface area contributed by atoms with E-state index in [2.05, 4.69) is 23.6 Å². The molecule has 2 saturated heterocycles. The highest BCUT2D eigenvalue weighted by atomic mass is 16.5. The van der Waals surface area contributed by atoms with Crippen LogP contribution in [0.3, 0.4) is 0 Å². The third-order valence-corrected chi connectivity index (χ3v) is 4.21. The molecular weight excluding hydrogens is 268 g/mol. The highest BCUT2D eigenvalue weighted by molar-refractivity contribution is 5.76. The number of hydrogen-bond acceptors (Lipinski definition) is 5. The Morgan fingerprint density at radius 2 is 2.19 bits per heavy atom. The second kappa shape index (κ2) is 8.11. The van der Waals surface area contributed by atoms with E-state index >= 15 is 0 Å². The summed E-state index contributed by atoms with van der Waals surface area (Å²) in [7, 11) is 0. The molecule has 21 heavy (non-hydrogen) atoms. The zero-order valence-electron chi connectivity index (χ0n) is 13.7. The summed E-state index contributed by atoms with van der Waals surface area (Å²) in [6.45, 7) is 12.6. The van der Waals surface area contributed by atoms with Gasteiger partial charge in [0.25, 0.3) is 0 Å². The van der Waals surface area contributed by atoms with Crippen LogP contribution in [0.4, 0.5) is 0 Å². The van der Waals surface area contributed by atoms with Crippen molar-refractivity contribution in [2.75, 3.05) is 45.9 Å². The Morgan fingerprint density at radius 1 is 1.38 bits per heavy atom. The summed E-state index contributed by atoms with van der Waals surface area (Å²) < 4.78 is 11.1. The molecule has 0 bridgehead atoms. The van der Waals surface area contributed by atoms with Crippen LogP contribution < -0.4 is 0 Å². The molecule has 2 aliphatic rings. The Morgan fingerprint density at radius 3 is 2.90 bits per heavy atom. The van der Waals surface area contributed by atoms with Gasteiger partial charge in [0.15, 0.2) is 0 Å². The lowest BCUT2D eigenvalue weighted by atomic mass is 10.1. The van der Waals surface area contributed by atoms with E-state index in [9.17, 15) is 4.79 Å². The average molecular weight is 298 g/mol. The van der Waals surface area contributed by atoms with Gasteiger partial charge in [0, 0.05) is 26.2 Å². The minimum atomic E-state index is -0.0650. The van der Waals surface area contributed by atoms with Gasteiger partial charge in [-0.1, -0.05) is 13.8 Å². The molecule has 0 aromatic rings. The largest absolute Gasteiger partial charge is 0.465 e. The molecule has 0 spiro atoms. The predicted molar refractivity (Wildman–Crippen MR) is 82.2 cm³/mol. The van der Waals surface area contributed by atoms with Crippen molar-refractivity contribution in [3.05, 3.63) is 0 Å². The van der Waals surface area contributed by atoms with Crippen molar-refractivity contribution in [2.45, 2.75) is 45.8 Å². The Hall–Kier alpha value is -0.650. The fourth-order valence-corrected chi connectivity index (χ4v) is 3.38. The van der Waals surface area contributed by atoms with Crippen molar-refractivity contribution in [2.24, 2.45) is 5.92 Å². The molecule has 0 radical (unpaired) electrons. The fourth-order valence-electron chi connectivity index (χ4n) is 3.38. The Balaban J connectivity index is 1.83. The van der Waals surface area contributed by atoms with E-state index in [-0.39, 0.29) is 18.1 Å². The molecule has 2 heterocycles. The molecule has 122 valence electrons. The standard InChI is InChI=1S/C16H30N2O3/c1-4-20-16(19)15-6-5-7-18(15)12-14-11-17(8-9-21-14)10-13(2)3/h13-15H,4-12H2,1-3H3. The van der Waals surface area contributed by atoms with Crippen molar-refractivity contribution in [1.29, 1.82) is 0 Å². The van der Waals surface area contributed by atoms with Gasteiger partial charge in [-0.05, 0) is 32.2 Å². The lowest BCUT2D eigenvalue weighted by molar-refractivity contribution is -0.149. The molecule has 0 aromatic carbocycles. The molecule has 2 unspecified atom stereocenters. The van der Waals surface area contributed by atoms with Gasteiger partial charge < -0.3 is 9.47 Å². The van der Waals surface area contributed by atoms with E-state index in [0.29, 0.717) is 12.5 Å². The predicted octanol–water partition coefficient (Wildman–Crippen LogP) is 1.37. The van der Waals surface area contributed by atoms with Crippen LogP contribution in [-0.2, 0) is 14.3 Å². The average Bonchev–Trinajstić information content (AvgIpc) is 2.87. The number of morpholine rings is 1. The number of esters is 1. The SMILES string of the molecule is CCOC(=O)C1CCCN1CC1CN(CC(C)C)CCO1. The van der Waals surface area contributed by atoms with Gasteiger partial charge in [0.05, 0.1) is 19.3 Å². The minimum Gasteiger partial charge on any atom is -0.465 e. The van der Waals surface area contributed by atoms with E-state index in [1.165, 1.54) is 0 Å². The summed E-state index contributed by atoms with van der Waals surface area (Å²) in [6.07, 6.45) is 2.21. The number of rotatable bonds is 6. The van der Waals surface area contributed by atoms with Crippen molar-refractivity contribution in [1.82, 2.24) is 9.80 Å². The molecule has 0 aliphatic carbocycles. The number of ether oxygens (including phenoxy) is 2. The quantitative estimate of drug-likeness (QED) is 0.693. The maximum absolute atomic E-state index is 12.0. The lowest BCUT2D eigenvalue weighted by Crippen LogP contribution is -2.50.